The fourth-order valence-electron chi connectivity index (χ4n) is 3.84. The number of nitrogens with one attached hydrogen (secondary N) is 2. The van der Waals surface area contributed by atoms with Crippen LogP contribution >= 0.6 is 12.4 Å². The summed E-state index contributed by atoms with van der Waals surface area (Å²) in [5, 5.41) is 6.59. The molecule has 2 heterocycles. The first-order valence-corrected chi connectivity index (χ1v) is 9.71. The van der Waals surface area contributed by atoms with Crippen molar-refractivity contribution in [2.45, 2.75) is 50.4 Å². The minimum Gasteiger partial charge on any atom is -0.314 e. The number of benzene rings is 2. The van der Waals surface area contributed by atoms with Gasteiger partial charge in [0.1, 0.15) is 0 Å². The van der Waals surface area contributed by atoms with E-state index < -0.39 is 11.7 Å². The smallest absolute Gasteiger partial charge is 0.314 e. The molecule has 28 heavy (non-hydrogen) atoms. The lowest BCUT2D eigenvalue weighted by Crippen LogP contribution is -2.23. The molecule has 0 spiro atoms. The van der Waals surface area contributed by atoms with E-state index in [1.54, 1.807) is 12.1 Å². The van der Waals surface area contributed by atoms with Gasteiger partial charge in [0.25, 0.3) is 0 Å². The molecule has 2 aromatic carbocycles. The lowest BCUT2D eigenvalue weighted by molar-refractivity contribution is -0.138. The maximum absolute atomic E-state index is 12.7. The van der Waals surface area contributed by atoms with Gasteiger partial charge >= 0.3 is 6.18 Å². The Bertz CT molecular complexity index is 694. The van der Waals surface area contributed by atoms with Crippen LogP contribution in [-0.2, 0) is 12.6 Å². The van der Waals surface area contributed by atoms with Crippen LogP contribution in [0.4, 0.5) is 13.2 Å². The Morgan fingerprint density at radius 1 is 0.821 bits per heavy atom. The zero-order valence-corrected chi connectivity index (χ0v) is 16.7. The fraction of sp³-hybridized carbons (Fsp3) is 0.455. The summed E-state index contributed by atoms with van der Waals surface area (Å²) in [4.78, 5) is 0. The topological polar surface area (TPSA) is 24.1 Å². The Morgan fingerprint density at radius 2 is 1.46 bits per heavy atom. The van der Waals surface area contributed by atoms with Crippen molar-refractivity contribution in [2.24, 2.45) is 0 Å². The van der Waals surface area contributed by atoms with E-state index >= 15 is 0 Å². The summed E-state index contributed by atoms with van der Waals surface area (Å²) in [6.45, 7) is 2.01. The lowest BCUT2D eigenvalue weighted by Gasteiger charge is -2.17. The Kier molecular flexibility index (Phi) is 8.80. The zero-order valence-electron chi connectivity index (χ0n) is 15.8. The molecule has 6 heteroatoms. The Hall–Kier alpha value is -1.56. The maximum Gasteiger partial charge on any atom is 0.416 e. The van der Waals surface area contributed by atoms with Gasteiger partial charge in [-0.15, -0.1) is 12.4 Å². The molecule has 0 radical (unpaired) electrons. The van der Waals surface area contributed by atoms with E-state index in [0.29, 0.717) is 5.56 Å². The number of hydrogen-bond donors (Lipinski definition) is 2. The first-order chi connectivity index (χ1) is 13.0. The normalized spacial score (nSPS) is 21.5. The molecule has 2 aromatic rings. The summed E-state index contributed by atoms with van der Waals surface area (Å²) in [5.74, 6) is 0. The van der Waals surface area contributed by atoms with Crippen molar-refractivity contribution >= 4 is 12.4 Å². The van der Waals surface area contributed by atoms with Crippen LogP contribution in [-0.4, -0.2) is 19.1 Å². The van der Waals surface area contributed by atoms with E-state index in [2.05, 4.69) is 41.0 Å². The average Bonchev–Trinajstić information content (AvgIpc) is 3.36. The van der Waals surface area contributed by atoms with Gasteiger partial charge in [-0.1, -0.05) is 48.5 Å². The van der Waals surface area contributed by atoms with Gasteiger partial charge in [-0.05, 0) is 62.4 Å². The molecule has 2 unspecified atom stereocenters. The lowest BCUT2D eigenvalue weighted by atomic mass is 9.99. The highest BCUT2D eigenvalue weighted by Gasteiger charge is 2.35. The van der Waals surface area contributed by atoms with Gasteiger partial charge in [0.05, 0.1) is 5.56 Å². The molecule has 2 atom stereocenters. The number of rotatable bonds is 3. The molecule has 2 aliphatic heterocycles. The van der Waals surface area contributed by atoms with Crippen LogP contribution in [0.25, 0.3) is 0 Å². The summed E-state index contributed by atoms with van der Waals surface area (Å²) < 4.78 is 38.0. The van der Waals surface area contributed by atoms with E-state index in [1.807, 2.05) is 0 Å². The molecule has 2 nitrogen and oxygen atoms in total. The summed E-state index contributed by atoms with van der Waals surface area (Å²) in [6, 6.07) is 17.1. The highest BCUT2D eigenvalue weighted by molar-refractivity contribution is 5.85. The molecule has 2 N–H and O–H groups in total. The predicted octanol–water partition coefficient (Wildman–Crippen LogP) is 5.53. The standard InChI is InChI=1S/C11H12F3N.C11H15N.ClH/c12-11(13,14)9-5-2-1-4-8(9)10-6-3-7-15-10;1-2-5-10(6-3-1)9-11-7-4-8-12-11;/h1-2,4-5,10,15H,3,6-7H2;1-3,5-6,11-12H,4,7-9H2;1H. The van der Waals surface area contributed by atoms with Crippen LogP contribution in [0.1, 0.15) is 48.4 Å². The Balaban J connectivity index is 0.000000198. The quantitative estimate of drug-likeness (QED) is 0.692. The highest BCUT2D eigenvalue weighted by atomic mass is 35.5. The summed E-state index contributed by atoms with van der Waals surface area (Å²) in [5.41, 5.74) is 1.32. The van der Waals surface area contributed by atoms with E-state index in [1.165, 1.54) is 37.4 Å². The second-order valence-electron chi connectivity index (χ2n) is 7.22. The molecule has 4 rings (SSSR count). The molecule has 2 aliphatic rings. The van der Waals surface area contributed by atoms with Crippen molar-refractivity contribution in [3.05, 3.63) is 71.3 Å². The SMILES string of the molecule is Cl.FC(F)(F)c1ccccc1C1CCCN1.c1ccc(CC2CCCN2)cc1. The third kappa shape index (κ3) is 6.50. The van der Waals surface area contributed by atoms with Gasteiger partial charge in [-0.3, -0.25) is 0 Å². The maximum atomic E-state index is 12.7. The van der Waals surface area contributed by atoms with Crippen LogP contribution in [0.15, 0.2) is 54.6 Å². The Labute approximate surface area is 171 Å². The van der Waals surface area contributed by atoms with Gasteiger partial charge in [-0.25, -0.2) is 0 Å². The van der Waals surface area contributed by atoms with Crippen molar-refractivity contribution in [2.75, 3.05) is 13.1 Å². The highest BCUT2D eigenvalue weighted by Crippen LogP contribution is 2.36. The van der Waals surface area contributed by atoms with E-state index in [-0.39, 0.29) is 18.4 Å². The number of hydrogen-bond acceptors (Lipinski definition) is 2. The van der Waals surface area contributed by atoms with Crippen molar-refractivity contribution in [3.63, 3.8) is 0 Å². The number of halogens is 4. The van der Waals surface area contributed by atoms with Crippen LogP contribution in [0.3, 0.4) is 0 Å². The molecule has 2 saturated heterocycles. The largest absolute Gasteiger partial charge is 0.416 e. The van der Waals surface area contributed by atoms with Gasteiger partial charge in [0, 0.05) is 12.1 Å². The van der Waals surface area contributed by atoms with Crippen LogP contribution < -0.4 is 10.6 Å². The van der Waals surface area contributed by atoms with Crippen molar-refractivity contribution in [3.8, 4) is 0 Å². The first-order valence-electron chi connectivity index (χ1n) is 9.71. The third-order valence-corrected chi connectivity index (χ3v) is 5.19. The van der Waals surface area contributed by atoms with Crippen LogP contribution in [0, 0.1) is 0 Å². The number of alkyl halides is 3. The van der Waals surface area contributed by atoms with Gasteiger partial charge in [0.15, 0.2) is 0 Å². The minimum atomic E-state index is -4.25. The van der Waals surface area contributed by atoms with E-state index in [4.69, 9.17) is 0 Å². The van der Waals surface area contributed by atoms with Gasteiger partial charge < -0.3 is 10.6 Å². The second kappa shape index (κ2) is 10.8. The van der Waals surface area contributed by atoms with Crippen LogP contribution in [0.5, 0.6) is 0 Å². The van der Waals surface area contributed by atoms with E-state index in [9.17, 15) is 13.2 Å². The van der Waals surface area contributed by atoms with Gasteiger partial charge in [-0.2, -0.15) is 13.2 Å². The molecular formula is C22H28ClF3N2. The molecule has 2 fully saturated rings. The molecule has 0 amide bonds. The zero-order chi connectivity index (χ0) is 19.1. The molecule has 0 aliphatic carbocycles. The van der Waals surface area contributed by atoms with Crippen LogP contribution in [0.2, 0.25) is 0 Å². The third-order valence-electron chi connectivity index (χ3n) is 5.19. The molecule has 0 saturated carbocycles. The minimum absolute atomic E-state index is 0. The molecule has 154 valence electrons. The summed E-state index contributed by atoms with van der Waals surface area (Å²) in [6.07, 6.45) is 1.36. The molecule has 0 aromatic heterocycles. The first kappa shape index (κ1) is 22.7. The van der Waals surface area contributed by atoms with Crippen molar-refractivity contribution in [1.29, 1.82) is 0 Å². The van der Waals surface area contributed by atoms with Crippen molar-refractivity contribution in [1.82, 2.24) is 10.6 Å². The van der Waals surface area contributed by atoms with E-state index in [0.717, 1.165) is 31.5 Å². The molecule has 0 bridgehead atoms. The summed E-state index contributed by atoms with van der Waals surface area (Å²) in [7, 11) is 0. The fourth-order valence-corrected chi connectivity index (χ4v) is 3.84. The monoisotopic (exact) mass is 412 g/mol. The second-order valence-corrected chi connectivity index (χ2v) is 7.22. The average molecular weight is 413 g/mol. The predicted molar refractivity (Wildman–Crippen MR) is 110 cm³/mol. The molecular weight excluding hydrogens is 385 g/mol. The van der Waals surface area contributed by atoms with Gasteiger partial charge in [0.2, 0.25) is 0 Å². The summed E-state index contributed by atoms with van der Waals surface area (Å²) >= 11 is 0. The van der Waals surface area contributed by atoms with Crippen molar-refractivity contribution < 1.29 is 13.2 Å². The Morgan fingerprint density at radius 3 is 2.07 bits per heavy atom.